The van der Waals surface area contributed by atoms with Crippen LogP contribution >= 0.6 is 0 Å². The highest BCUT2D eigenvalue weighted by atomic mass is 16.7. The van der Waals surface area contributed by atoms with Gasteiger partial charge in [-0.15, -0.1) is 0 Å². The molecule has 0 aromatic rings. The molecule has 2 fully saturated rings. The van der Waals surface area contributed by atoms with E-state index in [-0.39, 0.29) is 18.9 Å². The summed E-state index contributed by atoms with van der Waals surface area (Å²) in [5, 5.41) is 87.0. The van der Waals surface area contributed by atoms with Gasteiger partial charge in [0.2, 0.25) is 5.91 Å². The largest absolute Gasteiger partial charge is 0.394 e. The second-order valence-electron chi connectivity index (χ2n) is 20.8. The SMILES string of the molecule is CCCCC/C=C\C/C=C\CCCCCCCCCC(=O)NC(COC1OC(CO)C(OC2OC(CO)C(O)C(O)C2O)C(O)C1O)C(O)/C=C/CCCCCCCCCCCCCCCCCCCCC. The van der Waals surface area contributed by atoms with Gasteiger partial charge < -0.3 is 65.1 Å². The van der Waals surface area contributed by atoms with E-state index >= 15 is 0 Å². The van der Waals surface area contributed by atoms with Gasteiger partial charge in [0.05, 0.1) is 32.0 Å². The van der Waals surface area contributed by atoms with E-state index in [2.05, 4.69) is 43.5 Å². The van der Waals surface area contributed by atoms with Gasteiger partial charge in [-0.1, -0.05) is 211 Å². The molecule has 2 aliphatic rings. The first-order valence-corrected chi connectivity index (χ1v) is 29.2. The summed E-state index contributed by atoms with van der Waals surface area (Å²) < 4.78 is 22.8. The van der Waals surface area contributed by atoms with E-state index < -0.39 is 86.8 Å². The van der Waals surface area contributed by atoms with Crippen molar-refractivity contribution < 1.29 is 64.6 Å². The van der Waals surface area contributed by atoms with Crippen LogP contribution in [0.4, 0.5) is 0 Å². The van der Waals surface area contributed by atoms with Gasteiger partial charge in [0.1, 0.15) is 48.8 Å². The maximum Gasteiger partial charge on any atom is 0.220 e. The molecule has 9 N–H and O–H groups in total. The topological polar surface area (TPSA) is 228 Å². The predicted octanol–water partition coefficient (Wildman–Crippen LogP) is 9.44. The van der Waals surface area contributed by atoms with E-state index in [0.29, 0.717) is 6.42 Å². The predicted molar refractivity (Wildman–Crippen MR) is 286 cm³/mol. The molecule has 422 valence electrons. The zero-order valence-electron chi connectivity index (χ0n) is 45.2. The molecular weight excluding hydrogens is 919 g/mol. The van der Waals surface area contributed by atoms with Crippen LogP contribution < -0.4 is 5.32 Å². The molecule has 0 aromatic carbocycles. The standard InChI is InChI=1S/C58H107NO13/c1-3-5-7-9-11-13-15-17-19-21-22-23-24-26-27-29-31-33-35-37-39-41-47(62)46(59-50(63)42-40-38-36-34-32-30-28-25-20-18-16-14-12-10-8-6-4-2)45-69-57-55(68)53(66)56(49(44-61)71-57)72-58-54(67)52(65)51(64)48(43-60)70-58/h12,14,18,20,39,41,46-49,51-58,60-62,64-68H,3-11,13,15-17,19,21-38,40,42-45H2,1-2H3,(H,59,63)/b14-12-,20-18-,41-39+. The number of allylic oxidation sites excluding steroid dienone is 5. The highest BCUT2D eigenvalue weighted by molar-refractivity contribution is 5.76. The van der Waals surface area contributed by atoms with Gasteiger partial charge in [-0.25, -0.2) is 0 Å². The fourth-order valence-corrected chi connectivity index (χ4v) is 9.56. The number of hydrogen-bond acceptors (Lipinski definition) is 13. The minimum atomic E-state index is -1.79. The molecule has 14 heteroatoms. The Morgan fingerprint density at radius 2 is 0.917 bits per heavy atom. The molecule has 0 bridgehead atoms. The molecule has 2 rings (SSSR count). The Labute approximate surface area is 436 Å². The maximum atomic E-state index is 13.2. The quantitative estimate of drug-likeness (QED) is 0.0205. The van der Waals surface area contributed by atoms with Crippen LogP contribution in [-0.2, 0) is 23.7 Å². The lowest BCUT2D eigenvalue weighted by molar-refractivity contribution is -0.359. The first-order chi connectivity index (χ1) is 35.1. The number of aliphatic hydroxyl groups is 8. The molecule has 0 aliphatic carbocycles. The van der Waals surface area contributed by atoms with Crippen LogP contribution in [0, 0.1) is 0 Å². The fourth-order valence-electron chi connectivity index (χ4n) is 9.56. The summed E-state index contributed by atoms with van der Waals surface area (Å²) in [6.07, 6.45) is 36.0. The number of amides is 1. The van der Waals surface area contributed by atoms with E-state index in [4.69, 9.17) is 18.9 Å². The molecule has 12 unspecified atom stereocenters. The van der Waals surface area contributed by atoms with Crippen molar-refractivity contribution in [2.75, 3.05) is 19.8 Å². The number of rotatable bonds is 46. The average Bonchev–Trinajstić information content (AvgIpc) is 3.38. The molecule has 14 nitrogen and oxygen atoms in total. The number of carbonyl (C=O) groups excluding carboxylic acids is 1. The van der Waals surface area contributed by atoms with Crippen molar-refractivity contribution >= 4 is 5.91 Å². The van der Waals surface area contributed by atoms with Gasteiger partial charge >= 0.3 is 0 Å². The second kappa shape index (κ2) is 44.3. The van der Waals surface area contributed by atoms with E-state index in [1.54, 1.807) is 6.08 Å². The van der Waals surface area contributed by atoms with Gasteiger partial charge in [-0.2, -0.15) is 0 Å². The lowest BCUT2D eigenvalue weighted by atomic mass is 9.97. The van der Waals surface area contributed by atoms with E-state index in [9.17, 15) is 45.6 Å². The molecule has 2 aliphatic heterocycles. The van der Waals surface area contributed by atoms with Gasteiger partial charge in [0.15, 0.2) is 12.6 Å². The van der Waals surface area contributed by atoms with Crippen molar-refractivity contribution in [2.45, 2.75) is 306 Å². The Kier molecular flexibility index (Phi) is 40.9. The minimum absolute atomic E-state index is 0.246. The minimum Gasteiger partial charge on any atom is -0.394 e. The van der Waals surface area contributed by atoms with Crippen molar-refractivity contribution in [1.29, 1.82) is 0 Å². The molecule has 0 radical (unpaired) electrons. The number of carbonyl (C=O) groups is 1. The average molecular weight is 1030 g/mol. The molecule has 0 aromatic heterocycles. The van der Waals surface area contributed by atoms with Crippen molar-refractivity contribution in [3.63, 3.8) is 0 Å². The van der Waals surface area contributed by atoms with Crippen LogP contribution in [0.3, 0.4) is 0 Å². The van der Waals surface area contributed by atoms with Gasteiger partial charge in [0.25, 0.3) is 0 Å². The smallest absolute Gasteiger partial charge is 0.220 e. The molecular formula is C58H107NO13. The van der Waals surface area contributed by atoms with E-state index in [1.165, 1.54) is 148 Å². The third-order valence-corrected chi connectivity index (χ3v) is 14.3. The summed E-state index contributed by atoms with van der Waals surface area (Å²) in [6.45, 7) is 2.78. The number of nitrogens with one attached hydrogen (secondary N) is 1. The monoisotopic (exact) mass is 1030 g/mol. The fraction of sp³-hybridized carbons (Fsp3) is 0.879. The van der Waals surface area contributed by atoms with Crippen LogP contribution in [0.2, 0.25) is 0 Å². The molecule has 2 heterocycles. The zero-order chi connectivity index (χ0) is 52.4. The summed E-state index contributed by atoms with van der Waals surface area (Å²) in [5.74, 6) is -0.246. The summed E-state index contributed by atoms with van der Waals surface area (Å²) in [4.78, 5) is 13.2. The van der Waals surface area contributed by atoms with Crippen molar-refractivity contribution in [3.05, 3.63) is 36.5 Å². The molecule has 2 saturated heterocycles. The third kappa shape index (κ3) is 30.1. The normalized spacial score (nSPS) is 25.8. The van der Waals surface area contributed by atoms with Crippen LogP contribution in [0.1, 0.15) is 232 Å². The van der Waals surface area contributed by atoms with Crippen molar-refractivity contribution in [2.24, 2.45) is 0 Å². The lowest BCUT2D eigenvalue weighted by Crippen LogP contribution is -2.65. The van der Waals surface area contributed by atoms with Gasteiger partial charge in [0, 0.05) is 6.42 Å². The molecule has 72 heavy (non-hydrogen) atoms. The van der Waals surface area contributed by atoms with Crippen molar-refractivity contribution in [1.82, 2.24) is 5.32 Å². The van der Waals surface area contributed by atoms with E-state index in [1.807, 2.05) is 6.08 Å². The lowest BCUT2D eigenvalue weighted by Gasteiger charge is -2.46. The number of aliphatic hydroxyl groups excluding tert-OH is 8. The summed E-state index contributed by atoms with van der Waals surface area (Å²) in [7, 11) is 0. The Hall–Kier alpha value is -1.79. The molecule has 1 amide bonds. The Morgan fingerprint density at radius 1 is 0.500 bits per heavy atom. The molecule has 12 atom stereocenters. The number of unbranched alkanes of at least 4 members (excludes halogenated alkanes) is 29. The number of ether oxygens (including phenoxy) is 4. The zero-order valence-corrected chi connectivity index (χ0v) is 45.2. The molecule has 0 saturated carbocycles. The Bertz CT molecular complexity index is 1350. The van der Waals surface area contributed by atoms with Crippen LogP contribution in [0.5, 0.6) is 0 Å². The first-order valence-electron chi connectivity index (χ1n) is 29.2. The first kappa shape index (κ1) is 66.3. The summed E-state index contributed by atoms with van der Waals surface area (Å²) in [6, 6.07) is -0.918. The summed E-state index contributed by atoms with van der Waals surface area (Å²) in [5.41, 5.74) is 0. The highest BCUT2D eigenvalue weighted by Gasteiger charge is 2.51. The van der Waals surface area contributed by atoms with Crippen LogP contribution in [0.25, 0.3) is 0 Å². The highest BCUT2D eigenvalue weighted by Crippen LogP contribution is 2.30. The Balaban J connectivity index is 1.79. The molecule has 0 spiro atoms. The third-order valence-electron chi connectivity index (χ3n) is 14.3. The second-order valence-corrected chi connectivity index (χ2v) is 20.8. The van der Waals surface area contributed by atoms with Crippen molar-refractivity contribution in [3.8, 4) is 0 Å². The maximum absolute atomic E-state index is 13.2. The van der Waals surface area contributed by atoms with Crippen LogP contribution in [0.15, 0.2) is 36.5 Å². The van der Waals surface area contributed by atoms with Gasteiger partial charge in [-0.05, 0) is 51.4 Å². The summed E-state index contributed by atoms with van der Waals surface area (Å²) >= 11 is 0. The van der Waals surface area contributed by atoms with E-state index in [0.717, 1.165) is 57.8 Å². The van der Waals surface area contributed by atoms with Crippen LogP contribution in [-0.4, -0.2) is 140 Å². The number of hydrogen-bond donors (Lipinski definition) is 9. The van der Waals surface area contributed by atoms with Gasteiger partial charge in [-0.3, -0.25) is 4.79 Å². The Morgan fingerprint density at radius 3 is 1.42 bits per heavy atom.